The van der Waals surface area contributed by atoms with Gasteiger partial charge in [0.1, 0.15) is 0 Å². The molecule has 0 radical (unpaired) electrons. The van der Waals surface area contributed by atoms with E-state index in [0.717, 1.165) is 0 Å². The van der Waals surface area contributed by atoms with Gasteiger partial charge in [-0.25, -0.2) is 8.42 Å². The molecule has 0 aliphatic carbocycles. The number of carbonyl (C=O) groups is 1. The first kappa shape index (κ1) is 10.5. The van der Waals surface area contributed by atoms with Crippen molar-refractivity contribution in [3.05, 3.63) is 0 Å². The predicted molar refractivity (Wildman–Crippen MR) is 46.8 cm³/mol. The molecule has 1 saturated heterocycles. The quantitative estimate of drug-likeness (QED) is 0.591. The zero-order chi connectivity index (χ0) is 10.1. The zero-order valence-electron chi connectivity index (χ0n) is 7.39. The molecule has 0 aromatic rings. The van der Waals surface area contributed by atoms with Crippen LogP contribution in [-0.2, 0) is 19.4 Å². The van der Waals surface area contributed by atoms with E-state index >= 15 is 0 Å². The second kappa shape index (κ2) is 3.63. The molecule has 2 atom stereocenters. The maximum absolute atomic E-state index is 11.3. The standard InChI is InChI=1S/C7H13NO4S/c1-2-12-7(9)6-3-5(8)4-13(6,10)11/h5-6H,2-4,8H2,1H3. The fourth-order valence-corrected chi connectivity index (χ4v) is 3.25. The first-order chi connectivity index (χ1) is 5.97. The fourth-order valence-electron chi connectivity index (χ4n) is 1.38. The summed E-state index contributed by atoms with van der Waals surface area (Å²) < 4.78 is 27.3. The molecule has 0 aromatic heterocycles. The van der Waals surface area contributed by atoms with E-state index in [2.05, 4.69) is 4.74 Å². The van der Waals surface area contributed by atoms with E-state index in [1.54, 1.807) is 6.92 Å². The molecule has 0 amide bonds. The van der Waals surface area contributed by atoms with Crippen LogP contribution in [0.5, 0.6) is 0 Å². The molecule has 2 unspecified atom stereocenters. The molecule has 1 aliphatic heterocycles. The van der Waals surface area contributed by atoms with Gasteiger partial charge in [-0.1, -0.05) is 0 Å². The van der Waals surface area contributed by atoms with E-state index in [1.165, 1.54) is 0 Å². The van der Waals surface area contributed by atoms with Crippen LogP contribution in [0.25, 0.3) is 0 Å². The summed E-state index contributed by atoms with van der Waals surface area (Å²) in [6.07, 6.45) is 0.182. The molecule has 1 rings (SSSR count). The van der Waals surface area contributed by atoms with E-state index in [4.69, 9.17) is 5.73 Å². The van der Waals surface area contributed by atoms with Crippen LogP contribution in [-0.4, -0.2) is 38.0 Å². The number of esters is 1. The van der Waals surface area contributed by atoms with Crippen LogP contribution in [0.2, 0.25) is 0 Å². The van der Waals surface area contributed by atoms with Gasteiger partial charge in [-0.2, -0.15) is 0 Å². The van der Waals surface area contributed by atoms with Crippen LogP contribution < -0.4 is 5.73 Å². The molecule has 0 aromatic carbocycles. The Balaban J connectivity index is 2.76. The first-order valence-corrected chi connectivity index (χ1v) is 5.82. The van der Waals surface area contributed by atoms with Gasteiger partial charge in [-0.3, -0.25) is 4.79 Å². The van der Waals surface area contributed by atoms with Gasteiger partial charge in [-0.05, 0) is 13.3 Å². The van der Waals surface area contributed by atoms with Crippen LogP contribution in [0.15, 0.2) is 0 Å². The Hall–Kier alpha value is -0.620. The van der Waals surface area contributed by atoms with Crippen molar-refractivity contribution in [2.75, 3.05) is 12.4 Å². The van der Waals surface area contributed by atoms with Crippen LogP contribution in [0.3, 0.4) is 0 Å². The molecule has 2 N–H and O–H groups in total. The van der Waals surface area contributed by atoms with Crippen LogP contribution in [0.4, 0.5) is 0 Å². The second-order valence-corrected chi connectivity index (χ2v) is 5.29. The van der Waals surface area contributed by atoms with Crippen molar-refractivity contribution in [2.24, 2.45) is 5.73 Å². The number of nitrogens with two attached hydrogens (primary N) is 1. The minimum atomic E-state index is -3.36. The average molecular weight is 207 g/mol. The normalized spacial score (nSPS) is 31.5. The van der Waals surface area contributed by atoms with E-state index in [-0.39, 0.29) is 18.8 Å². The van der Waals surface area contributed by atoms with Crippen LogP contribution in [0.1, 0.15) is 13.3 Å². The molecule has 13 heavy (non-hydrogen) atoms. The molecule has 5 nitrogen and oxygen atoms in total. The molecule has 1 fully saturated rings. The van der Waals surface area contributed by atoms with Gasteiger partial charge in [0.2, 0.25) is 0 Å². The van der Waals surface area contributed by atoms with Gasteiger partial charge in [0, 0.05) is 6.04 Å². The minimum Gasteiger partial charge on any atom is -0.465 e. The lowest BCUT2D eigenvalue weighted by Gasteiger charge is -2.07. The van der Waals surface area contributed by atoms with Gasteiger partial charge in [-0.15, -0.1) is 0 Å². The summed E-state index contributed by atoms with van der Waals surface area (Å²) in [5.41, 5.74) is 5.45. The lowest BCUT2D eigenvalue weighted by atomic mass is 10.2. The topological polar surface area (TPSA) is 86.5 Å². The summed E-state index contributed by atoms with van der Waals surface area (Å²) in [5, 5.41) is -1.04. The predicted octanol–water partition coefficient (Wildman–Crippen LogP) is -0.936. The smallest absolute Gasteiger partial charge is 0.324 e. The summed E-state index contributed by atoms with van der Waals surface area (Å²) in [4.78, 5) is 11.1. The van der Waals surface area contributed by atoms with Crippen molar-refractivity contribution in [3.8, 4) is 0 Å². The van der Waals surface area contributed by atoms with Crippen molar-refractivity contribution >= 4 is 15.8 Å². The minimum absolute atomic E-state index is 0.115. The fraction of sp³-hybridized carbons (Fsp3) is 0.857. The molecule has 0 bridgehead atoms. The number of sulfone groups is 1. The molecule has 1 heterocycles. The SMILES string of the molecule is CCOC(=O)C1CC(N)CS1(=O)=O. The summed E-state index contributed by atoms with van der Waals surface area (Å²) in [7, 11) is -3.36. The number of hydrogen-bond donors (Lipinski definition) is 1. The van der Waals surface area contributed by atoms with Gasteiger partial charge in [0.05, 0.1) is 12.4 Å². The Morgan fingerprint density at radius 1 is 1.62 bits per heavy atom. The lowest BCUT2D eigenvalue weighted by Crippen LogP contribution is -2.28. The molecular formula is C7H13NO4S. The highest BCUT2D eigenvalue weighted by atomic mass is 32.2. The van der Waals surface area contributed by atoms with Crippen LogP contribution in [0, 0.1) is 0 Å². The molecular weight excluding hydrogens is 194 g/mol. The van der Waals surface area contributed by atoms with Crippen molar-refractivity contribution < 1.29 is 17.9 Å². The third kappa shape index (κ3) is 2.19. The number of hydrogen-bond acceptors (Lipinski definition) is 5. The number of rotatable bonds is 2. The maximum Gasteiger partial charge on any atom is 0.324 e. The lowest BCUT2D eigenvalue weighted by molar-refractivity contribution is -0.142. The largest absolute Gasteiger partial charge is 0.465 e. The van der Waals surface area contributed by atoms with Crippen molar-refractivity contribution in [2.45, 2.75) is 24.6 Å². The van der Waals surface area contributed by atoms with E-state index < -0.39 is 27.1 Å². The monoisotopic (exact) mass is 207 g/mol. The Morgan fingerprint density at radius 2 is 2.23 bits per heavy atom. The highest BCUT2D eigenvalue weighted by Gasteiger charge is 2.42. The van der Waals surface area contributed by atoms with Crippen LogP contribution >= 0.6 is 0 Å². The average Bonchev–Trinajstić information content (AvgIpc) is 2.24. The Kier molecular flexibility index (Phi) is 2.92. The summed E-state index contributed by atoms with van der Waals surface area (Å²) in [5.74, 6) is -0.785. The molecule has 0 spiro atoms. The Bertz CT molecular complexity index is 298. The van der Waals surface area contributed by atoms with Gasteiger partial charge >= 0.3 is 5.97 Å². The third-order valence-electron chi connectivity index (χ3n) is 1.95. The van der Waals surface area contributed by atoms with Crippen molar-refractivity contribution in [1.29, 1.82) is 0 Å². The van der Waals surface area contributed by atoms with Gasteiger partial charge < -0.3 is 10.5 Å². The van der Waals surface area contributed by atoms with Crippen molar-refractivity contribution in [1.82, 2.24) is 0 Å². The number of ether oxygens (including phenoxy) is 1. The summed E-state index contributed by atoms with van der Waals surface area (Å²) >= 11 is 0. The third-order valence-corrected chi connectivity index (χ3v) is 4.09. The van der Waals surface area contributed by atoms with Gasteiger partial charge in [0.25, 0.3) is 0 Å². The molecule has 76 valence electrons. The molecule has 1 aliphatic rings. The van der Waals surface area contributed by atoms with Gasteiger partial charge in [0.15, 0.2) is 15.1 Å². The highest BCUT2D eigenvalue weighted by molar-refractivity contribution is 7.93. The summed E-state index contributed by atoms with van der Waals surface area (Å²) in [6.45, 7) is 1.83. The second-order valence-electron chi connectivity index (χ2n) is 3.07. The number of carbonyl (C=O) groups excluding carboxylic acids is 1. The zero-order valence-corrected chi connectivity index (χ0v) is 8.21. The van der Waals surface area contributed by atoms with E-state index in [0.29, 0.717) is 0 Å². The highest BCUT2D eigenvalue weighted by Crippen LogP contribution is 2.20. The van der Waals surface area contributed by atoms with Crippen molar-refractivity contribution in [3.63, 3.8) is 0 Å². The molecule has 0 saturated carbocycles. The summed E-state index contributed by atoms with van der Waals surface area (Å²) in [6, 6.07) is -0.431. The first-order valence-electron chi connectivity index (χ1n) is 4.11. The Morgan fingerprint density at radius 3 is 2.62 bits per heavy atom. The van der Waals surface area contributed by atoms with E-state index in [1.807, 2.05) is 0 Å². The van der Waals surface area contributed by atoms with E-state index in [9.17, 15) is 13.2 Å². The Labute approximate surface area is 77.2 Å². The molecule has 6 heteroatoms. The maximum atomic E-state index is 11.3.